The molecule has 0 radical (unpaired) electrons. The lowest BCUT2D eigenvalue weighted by atomic mass is 9.98. The van der Waals surface area contributed by atoms with Crippen LogP contribution in [0.15, 0.2) is 66.4 Å². The summed E-state index contributed by atoms with van der Waals surface area (Å²) in [6.45, 7) is 12.1. The Labute approximate surface area is 278 Å². The zero-order valence-corrected chi connectivity index (χ0v) is 29.5. The average Bonchev–Trinajstić information content (AvgIpc) is 3.60. The number of carbonyl (C=O) groups excluding carboxylic acids is 1. The van der Waals surface area contributed by atoms with Gasteiger partial charge in [0.1, 0.15) is 23.3 Å². The van der Waals surface area contributed by atoms with Gasteiger partial charge in [0.15, 0.2) is 0 Å². The number of ether oxygens (including phenoxy) is 1. The number of imidazole rings is 1. The van der Waals surface area contributed by atoms with Crippen molar-refractivity contribution in [3.05, 3.63) is 88.9 Å². The molecular weight excluding hydrogens is 660 g/mol. The van der Waals surface area contributed by atoms with E-state index in [9.17, 15) is 31.6 Å². The third kappa shape index (κ3) is 6.72. The number of alkyl halides is 3. The summed E-state index contributed by atoms with van der Waals surface area (Å²) in [7, 11) is -5.54. The highest BCUT2D eigenvalue weighted by atomic mass is 32.2. The van der Waals surface area contributed by atoms with Gasteiger partial charge in [-0.25, -0.2) is 17.4 Å². The van der Waals surface area contributed by atoms with E-state index in [1.165, 1.54) is 22.3 Å². The first kappa shape index (κ1) is 35.1. The molecule has 1 N–H and O–H groups in total. The molecule has 2 atom stereocenters. The van der Waals surface area contributed by atoms with Crippen LogP contribution in [0.1, 0.15) is 48.8 Å². The molecule has 4 aromatic rings. The van der Waals surface area contributed by atoms with Crippen LogP contribution in [0, 0.1) is 18.3 Å². The van der Waals surface area contributed by atoms with E-state index >= 15 is 0 Å². The van der Waals surface area contributed by atoms with E-state index < -0.39 is 41.0 Å². The molecule has 254 valence electrons. The maximum absolute atomic E-state index is 14.2. The average molecular weight is 698 g/mol. The maximum atomic E-state index is 14.2. The molecule has 1 amide bonds. The van der Waals surface area contributed by atoms with Crippen LogP contribution < -0.4 is 5.32 Å². The van der Waals surface area contributed by atoms with Gasteiger partial charge in [0.2, 0.25) is 10.0 Å². The molecule has 9 nitrogen and oxygen atoms in total. The fourth-order valence-corrected chi connectivity index (χ4v) is 8.50. The smallest absolute Gasteiger partial charge is 0.361 e. The van der Waals surface area contributed by atoms with Crippen LogP contribution in [0.25, 0.3) is 21.9 Å². The second-order valence-electron chi connectivity index (χ2n) is 13.6. The van der Waals surface area contributed by atoms with Crippen LogP contribution in [0.5, 0.6) is 0 Å². The number of nitriles is 1. The van der Waals surface area contributed by atoms with Crippen molar-refractivity contribution in [2.24, 2.45) is 0 Å². The van der Waals surface area contributed by atoms with Crippen molar-refractivity contribution in [1.29, 1.82) is 5.26 Å². The van der Waals surface area contributed by atoms with E-state index in [2.05, 4.69) is 29.9 Å². The molecular formula is C34H38F3N5O4SSi. The fourth-order valence-electron chi connectivity index (χ4n) is 5.94. The van der Waals surface area contributed by atoms with E-state index in [4.69, 9.17) is 4.74 Å². The highest BCUT2D eigenvalue weighted by Gasteiger charge is 2.42. The van der Waals surface area contributed by atoms with E-state index in [0.717, 1.165) is 11.6 Å². The summed E-state index contributed by atoms with van der Waals surface area (Å²) in [5, 5.41) is 12.0. The molecule has 2 aromatic carbocycles. The normalized spacial score (nSPS) is 17.8. The summed E-state index contributed by atoms with van der Waals surface area (Å²) in [5.41, 5.74) is 2.97. The second kappa shape index (κ2) is 12.7. The molecule has 0 fully saturated rings. The number of halogens is 3. The number of allylic oxidation sites excluding steroid dienone is 3. The summed E-state index contributed by atoms with van der Waals surface area (Å²) in [6, 6.07) is 10.9. The lowest BCUT2D eigenvalue weighted by Gasteiger charge is -2.29. The van der Waals surface area contributed by atoms with Crippen molar-refractivity contribution < 1.29 is 31.1 Å². The Bertz CT molecular complexity index is 2120. The van der Waals surface area contributed by atoms with Gasteiger partial charge in [-0.15, -0.1) is 0 Å². The molecule has 2 aromatic heterocycles. The molecule has 0 saturated heterocycles. The monoisotopic (exact) mass is 697 g/mol. The summed E-state index contributed by atoms with van der Waals surface area (Å²) in [4.78, 5) is 17.3. The van der Waals surface area contributed by atoms with Gasteiger partial charge in [-0.2, -0.15) is 18.4 Å². The quantitative estimate of drug-likeness (QED) is 0.140. The molecule has 2 heterocycles. The zero-order valence-electron chi connectivity index (χ0n) is 27.6. The lowest BCUT2D eigenvalue weighted by molar-refractivity contribution is -0.174. The van der Waals surface area contributed by atoms with Crippen LogP contribution in [-0.4, -0.2) is 53.5 Å². The van der Waals surface area contributed by atoms with Gasteiger partial charge in [0.25, 0.3) is 0 Å². The molecule has 0 aliphatic heterocycles. The molecule has 0 bridgehead atoms. The molecule has 48 heavy (non-hydrogen) atoms. The number of aromatic nitrogens is 3. The minimum Gasteiger partial charge on any atom is -0.361 e. The van der Waals surface area contributed by atoms with Gasteiger partial charge < -0.3 is 14.6 Å². The highest BCUT2D eigenvalue weighted by molar-refractivity contribution is 7.91. The van der Waals surface area contributed by atoms with Crippen LogP contribution >= 0.6 is 0 Å². The Balaban J connectivity index is 1.72. The molecule has 1 aliphatic rings. The molecule has 1 aliphatic carbocycles. The Kier molecular flexibility index (Phi) is 9.28. The van der Waals surface area contributed by atoms with Gasteiger partial charge in [-0.3, -0.25) is 4.79 Å². The minimum absolute atomic E-state index is 0.0365. The predicted molar refractivity (Wildman–Crippen MR) is 182 cm³/mol. The van der Waals surface area contributed by atoms with E-state index in [0.29, 0.717) is 34.2 Å². The molecule has 14 heteroatoms. The largest absolute Gasteiger partial charge is 0.471 e. The fraction of sp³-hybridized carbons (Fsp3) is 0.382. The number of hydrogen-bond acceptors (Lipinski definition) is 6. The Morgan fingerprint density at radius 3 is 2.56 bits per heavy atom. The van der Waals surface area contributed by atoms with Crippen molar-refractivity contribution in [2.75, 3.05) is 6.61 Å². The number of benzene rings is 2. The van der Waals surface area contributed by atoms with Crippen molar-refractivity contribution >= 4 is 45.9 Å². The van der Waals surface area contributed by atoms with Gasteiger partial charge in [-0.1, -0.05) is 55.6 Å². The van der Waals surface area contributed by atoms with Crippen LogP contribution in [0.4, 0.5) is 13.2 Å². The van der Waals surface area contributed by atoms with E-state index in [-0.39, 0.29) is 30.1 Å². The van der Waals surface area contributed by atoms with Crippen LogP contribution in [0.2, 0.25) is 25.7 Å². The van der Waals surface area contributed by atoms with Gasteiger partial charge in [0, 0.05) is 26.3 Å². The van der Waals surface area contributed by atoms with Crippen molar-refractivity contribution in [3.8, 4) is 6.07 Å². The lowest BCUT2D eigenvalue weighted by Crippen LogP contribution is -2.40. The van der Waals surface area contributed by atoms with Crippen LogP contribution in [0.3, 0.4) is 0 Å². The number of hydrogen-bond donors (Lipinski definition) is 1. The second-order valence-corrected chi connectivity index (χ2v) is 21.5. The standard InChI is InChI=1S/C34H38F3N5O4SSi/c1-22-8-7-14-33(3,19-22)47(44,45)42-15-13-26-25(11-9-23(2)30(26)42)29(40-32(43)34(35,36)37)31-39-27-18-24(20-38)10-12-28(27)41(31)21-46-16-17-48(4,5)6/h7-13,15,18-19,29H,14,16-17,21H2,1-6H3,(H,40,43). The Hall–Kier alpha value is -4.19. The van der Waals surface area contributed by atoms with Crippen molar-refractivity contribution in [1.82, 2.24) is 18.8 Å². The minimum atomic E-state index is -5.22. The number of amides is 1. The number of nitrogens with zero attached hydrogens (tertiary/aromatic N) is 4. The third-order valence-electron chi connectivity index (χ3n) is 8.56. The molecule has 5 rings (SSSR count). The summed E-state index contributed by atoms with van der Waals surface area (Å²) >= 11 is 0. The number of rotatable bonds is 10. The topological polar surface area (TPSA) is 119 Å². The zero-order chi connectivity index (χ0) is 35.2. The summed E-state index contributed by atoms with van der Waals surface area (Å²) in [6.07, 6.45) is 1.76. The van der Waals surface area contributed by atoms with Gasteiger partial charge >= 0.3 is 12.1 Å². The van der Waals surface area contributed by atoms with Gasteiger partial charge in [0.05, 0.1) is 28.2 Å². The third-order valence-corrected chi connectivity index (χ3v) is 12.5. The highest BCUT2D eigenvalue weighted by Crippen LogP contribution is 2.38. The van der Waals surface area contributed by atoms with Crippen molar-refractivity contribution in [2.45, 2.75) is 76.6 Å². The van der Waals surface area contributed by atoms with Crippen molar-refractivity contribution in [3.63, 3.8) is 0 Å². The first-order valence-electron chi connectivity index (χ1n) is 15.4. The Morgan fingerprint density at radius 2 is 1.92 bits per heavy atom. The first-order valence-corrected chi connectivity index (χ1v) is 20.6. The number of nitrogens with one attached hydrogen (secondary N) is 1. The Morgan fingerprint density at radius 1 is 1.19 bits per heavy atom. The summed E-state index contributed by atoms with van der Waals surface area (Å²) in [5.74, 6) is -2.15. The van der Waals surface area contributed by atoms with Gasteiger partial charge in [-0.05, 0) is 68.6 Å². The van der Waals surface area contributed by atoms with E-state index in [1.54, 1.807) is 54.8 Å². The van der Waals surface area contributed by atoms with Crippen LogP contribution in [-0.2, 0) is 26.3 Å². The molecule has 2 unspecified atom stereocenters. The number of aryl methyl sites for hydroxylation is 1. The number of carbonyl (C=O) groups is 1. The maximum Gasteiger partial charge on any atom is 0.471 e. The van der Waals surface area contributed by atoms with E-state index in [1.807, 2.05) is 19.1 Å². The summed E-state index contributed by atoms with van der Waals surface area (Å²) < 4.78 is 77.4. The number of fused-ring (bicyclic) bond motifs is 2. The first-order chi connectivity index (χ1) is 22.4. The SMILES string of the molecule is CC1=CC(C)(S(=O)(=O)n2ccc3c(C(NC(=O)C(F)(F)F)c4nc5cc(C#N)ccc5n4COCC[Si](C)(C)C)ccc(C)c32)CC=C1. The predicted octanol–water partition coefficient (Wildman–Crippen LogP) is 7.09. The molecule has 0 spiro atoms. The molecule has 0 saturated carbocycles.